The molecule has 7 nitrogen and oxygen atoms in total. The van der Waals surface area contributed by atoms with Crippen LogP contribution >= 0.6 is 0 Å². The molecule has 0 saturated carbocycles. The van der Waals surface area contributed by atoms with Crippen LogP contribution in [0.2, 0.25) is 0 Å². The number of amides is 3. The van der Waals surface area contributed by atoms with E-state index in [1.54, 1.807) is 6.08 Å². The molecule has 3 atom stereocenters. The fraction of sp³-hybridized carbons (Fsp3) is 0.455. The molecule has 0 bridgehead atoms. The van der Waals surface area contributed by atoms with Gasteiger partial charge in [0.25, 0.3) is 0 Å². The van der Waals surface area contributed by atoms with Crippen molar-refractivity contribution in [1.82, 2.24) is 16.0 Å². The Morgan fingerprint density at radius 1 is 1.24 bits per heavy atom. The quantitative estimate of drug-likeness (QED) is 0.388. The summed E-state index contributed by atoms with van der Waals surface area (Å²) in [5, 5.41) is 8.12. The Morgan fingerprint density at radius 2 is 2.00 bits per heavy atom. The zero-order valence-corrected chi connectivity index (χ0v) is 16.7. The number of hydrogen-bond acceptors (Lipinski definition) is 4. The van der Waals surface area contributed by atoms with Gasteiger partial charge in [-0.2, -0.15) is 0 Å². The Kier molecular flexibility index (Phi) is 9.08. The lowest BCUT2D eigenvalue weighted by molar-refractivity contribution is -0.129. The minimum Gasteiger partial charge on any atom is -0.356 e. The smallest absolute Gasteiger partial charge is 0.244 e. The fourth-order valence-corrected chi connectivity index (χ4v) is 3.24. The number of benzene rings is 1. The summed E-state index contributed by atoms with van der Waals surface area (Å²) in [6.45, 7) is 2.59. The van der Waals surface area contributed by atoms with Crippen molar-refractivity contribution >= 4 is 30.1 Å². The van der Waals surface area contributed by atoms with Crippen LogP contribution in [0.4, 0.5) is 0 Å². The number of aldehydes is 1. The Bertz CT molecular complexity index is 733. The third-order valence-electron chi connectivity index (χ3n) is 4.90. The molecule has 1 aromatic rings. The van der Waals surface area contributed by atoms with Gasteiger partial charge in [-0.25, -0.2) is 0 Å². The molecule has 1 heterocycles. The van der Waals surface area contributed by atoms with Gasteiger partial charge in [-0.1, -0.05) is 50.1 Å². The van der Waals surface area contributed by atoms with Crippen molar-refractivity contribution < 1.29 is 19.2 Å². The highest BCUT2D eigenvalue weighted by Crippen LogP contribution is 2.15. The van der Waals surface area contributed by atoms with Crippen molar-refractivity contribution in [2.45, 2.75) is 51.1 Å². The van der Waals surface area contributed by atoms with Crippen LogP contribution in [0.1, 0.15) is 44.6 Å². The van der Waals surface area contributed by atoms with Crippen molar-refractivity contribution in [3.05, 3.63) is 42.0 Å². The maximum absolute atomic E-state index is 12.7. The normalized spacial score (nSPS) is 18.1. The number of carbonyl (C=O) groups excluding carboxylic acids is 4. The lowest BCUT2D eigenvalue weighted by Gasteiger charge is -2.21. The predicted octanol–water partition coefficient (Wildman–Crippen LogP) is 1.58. The number of hydrogen-bond donors (Lipinski definition) is 3. The standard InChI is InChI=1S/C22H29N3O4/c1-2-3-9-19(25-20(27)11-10-16-7-5-4-6-8-16)22(29)24-18(15-26)14-17-12-13-23-21(17)28/h4-8,10-11,15,17-19H,2-3,9,12-14H2,1H3,(H,23,28)(H,24,29)(H,25,27)/t17-,18-,19-/m0/s1. The highest BCUT2D eigenvalue weighted by atomic mass is 16.2. The summed E-state index contributed by atoms with van der Waals surface area (Å²) >= 11 is 0. The zero-order chi connectivity index (χ0) is 21.1. The molecule has 2 rings (SSSR count). The van der Waals surface area contributed by atoms with Crippen molar-refractivity contribution in [3.63, 3.8) is 0 Å². The van der Waals surface area contributed by atoms with Crippen LogP contribution in [-0.2, 0) is 19.2 Å². The second kappa shape index (κ2) is 11.8. The molecule has 1 fully saturated rings. The summed E-state index contributed by atoms with van der Waals surface area (Å²) in [5.74, 6) is -1.14. The third-order valence-corrected chi connectivity index (χ3v) is 4.90. The lowest BCUT2D eigenvalue weighted by atomic mass is 9.98. The topological polar surface area (TPSA) is 104 Å². The summed E-state index contributed by atoms with van der Waals surface area (Å²) in [7, 11) is 0. The molecule has 0 spiro atoms. The van der Waals surface area contributed by atoms with Gasteiger partial charge in [0.1, 0.15) is 12.3 Å². The van der Waals surface area contributed by atoms with Crippen molar-refractivity contribution in [1.29, 1.82) is 0 Å². The first kappa shape index (κ1) is 22.3. The largest absolute Gasteiger partial charge is 0.356 e. The van der Waals surface area contributed by atoms with E-state index in [4.69, 9.17) is 0 Å². The van der Waals surface area contributed by atoms with E-state index in [2.05, 4.69) is 16.0 Å². The van der Waals surface area contributed by atoms with Crippen molar-refractivity contribution in [2.75, 3.05) is 6.54 Å². The molecule has 0 aromatic heterocycles. The molecule has 1 aromatic carbocycles. The third kappa shape index (κ3) is 7.52. The lowest BCUT2D eigenvalue weighted by Crippen LogP contribution is -2.50. The zero-order valence-electron chi connectivity index (χ0n) is 16.7. The van der Waals surface area contributed by atoms with Gasteiger partial charge in [0.05, 0.1) is 6.04 Å². The molecule has 7 heteroatoms. The van der Waals surface area contributed by atoms with Gasteiger partial charge in [0, 0.05) is 18.5 Å². The number of carbonyl (C=O) groups is 4. The van der Waals surface area contributed by atoms with E-state index in [0.717, 1.165) is 18.4 Å². The second-order valence-corrected chi connectivity index (χ2v) is 7.21. The molecule has 1 aliphatic heterocycles. The molecule has 156 valence electrons. The Morgan fingerprint density at radius 3 is 2.62 bits per heavy atom. The van der Waals surface area contributed by atoms with E-state index in [9.17, 15) is 19.2 Å². The molecular weight excluding hydrogens is 370 g/mol. The molecule has 1 aliphatic rings. The van der Waals surface area contributed by atoms with Gasteiger partial charge >= 0.3 is 0 Å². The number of unbranched alkanes of at least 4 members (excludes halogenated alkanes) is 1. The summed E-state index contributed by atoms with van der Waals surface area (Å²) in [6.07, 6.45) is 6.75. The molecular formula is C22H29N3O4. The molecule has 0 aliphatic carbocycles. The minimum absolute atomic E-state index is 0.0898. The predicted molar refractivity (Wildman–Crippen MR) is 111 cm³/mol. The van der Waals surface area contributed by atoms with Crippen LogP contribution in [0, 0.1) is 5.92 Å². The Labute approximate surface area is 171 Å². The minimum atomic E-state index is -0.753. The van der Waals surface area contributed by atoms with E-state index < -0.39 is 18.0 Å². The van der Waals surface area contributed by atoms with E-state index in [-0.39, 0.29) is 24.2 Å². The number of nitrogens with one attached hydrogen (secondary N) is 3. The van der Waals surface area contributed by atoms with Gasteiger partial charge in [0.2, 0.25) is 17.7 Å². The monoisotopic (exact) mass is 399 g/mol. The van der Waals surface area contributed by atoms with Gasteiger partial charge < -0.3 is 20.7 Å². The SMILES string of the molecule is CCCC[C@H](NC(=O)C=Cc1ccccc1)C(=O)N[C@H](C=O)C[C@@H]1CCNC1=O. The average molecular weight is 399 g/mol. The summed E-state index contributed by atoms with van der Waals surface area (Å²) < 4.78 is 0. The van der Waals surface area contributed by atoms with Crippen LogP contribution in [0.15, 0.2) is 36.4 Å². The molecule has 3 N–H and O–H groups in total. The van der Waals surface area contributed by atoms with Crippen LogP contribution in [0.5, 0.6) is 0 Å². The molecule has 0 radical (unpaired) electrons. The first-order valence-corrected chi connectivity index (χ1v) is 10.1. The maximum Gasteiger partial charge on any atom is 0.244 e. The van der Waals surface area contributed by atoms with Crippen molar-refractivity contribution in [3.8, 4) is 0 Å². The average Bonchev–Trinajstić information content (AvgIpc) is 3.14. The van der Waals surface area contributed by atoms with Crippen LogP contribution in [0.25, 0.3) is 6.08 Å². The van der Waals surface area contributed by atoms with Gasteiger partial charge in [-0.15, -0.1) is 0 Å². The molecule has 3 amide bonds. The van der Waals surface area contributed by atoms with Gasteiger partial charge in [-0.05, 0) is 30.9 Å². The highest BCUT2D eigenvalue weighted by molar-refractivity contribution is 5.96. The first-order valence-electron chi connectivity index (χ1n) is 10.1. The summed E-state index contributed by atoms with van der Waals surface area (Å²) in [5.41, 5.74) is 0.882. The second-order valence-electron chi connectivity index (χ2n) is 7.21. The van der Waals surface area contributed by atoms with E-state index >= 15 is 0 Å². The maximum atomic E-state index is 12.7. The molecule has 1 saturated heterocycles. The van der Waals surface area contributed by atoms with Crippen LogP contribution < -0.4 is 16.0 Å². The summed E-state index contributed by atoms with van der Waals surface area (Å²) in [6, 6.07) is 7.90. The Hall–Kier alpha value is -2.96. The summed E-state index contributed by atoms with van der Waals surface area (Å²) in [4.78, 5) is 48.1. The fourth-order valence-electron chi connectivity index (χ4n) is 3.24. The molecule has 29 heavy (non-hydrogen) atoms. The molecule has 0 unspecified atom stereocenters. The van der Waals surface area contributed by atoms with Gasteiger partial charge in [0.15, 0.2) is 0 Å². The first-order chi connectivity index (χ1) is 14.0. The van der Waals surface area contributed by atoms with E-state index in [0.29, 0.717) is 25.7 Å². The van der Waals surface area contributed by atoms with Gasteiger partial charge in [-0.3, -0.25) is 14.4 Å². The Balaban J connectivity index is 1.94. The van der Waals surface area contributed by atoms with E-state index in [1.807, 2.05) is 37.3 Å². The highest BCUT2D eigenvalue weighted by Gasteiger charge is 2.29. The number of rotatable bonds is 11. The van der Waals surface area contributed by atoms with E-state index in [1.165, 1.54) is 6.08 Å². The van der Waals surface area contributed by atoms with Crippen LogP contribution in [0.3, 0.4) is 0 Å². The van der Waals surface area contributed by atoms with Crippen LogP contribution in [-0.4, -0.2) is 42.6 Å². The van der Waals surface area contributed by atoms with Crippen molar-refractivity contribution in [2.24, 2.45) is 5.92 Å².